The second-order valence-electron chi connectivity index (χ2n) is 2.31. The Morgan fingerprint density at radius 2 is 2.00 bits per heavy atom. The van der Waals surface area contributed by atoms with E-state index in [0.717, 1.165) is 0 Å². The van der Waals surface area contributed by atoms with Crippen LogP contribution >= 0.6 is 0 Å². The van der Waals surface area contributed by atoms with Crippen LogP contribution in [0.2, 0.25) is 0 Å². The third kappa shape index (κ3) is 2.66. The summed E-state index contributed by atoms with van der Waals surface area (Å²) in [4.78, 5) is 10.5. The number of cyclic esters (lactones) is 1. The number of ether oxygens (including phenoxy) is 1. The fourth-order valence-corrected chi connectivity index (χ4v) is 0.823. The van der Waals surface area contributed by atoms with Gasteiger partial charge in [0.25, 0.3) is 0 Å². The molecule has 0 amide bonds. The van der Waals surface area contributed by atoms with Crippen LogP contribution in [0.25, 0.3) is 0 Å². The van der Waals surface area contributed by atoms with Gasteiger partial charge in [0, 0.05) is 0 Å². The second kappa shape index (κ2) is 5.30. The van der Waals surface area contributed by atoms with E-state index in [4.69, 9.17) is 20.4 Å². The van der Waals surface area contributed by atoms with Gasteiger partial charge in [0.1, 0.15) is 6.10 Å². The molecule has 1 aliphatic rings. The van der Waals surface area contributed by atoms with E-state index in [-0.39, 0.29) is 51.4 Å². The van der Waals surface area contributed by atoms with Gasteiger partial charge in [-0.1, -0.05) is 0 Å². The summed E-state index contributed by atoms with van der Waals surface area (Å²) < 4.78 is 4.32. The molecular formula is C6H9KO6. The van der Waals surface area contributed by atoms with Gasteiger partial charge in [-0.2, -0.15) is 0 Å². The molecule has 1 heterocycles. The van der Waals surface area contributed by atoms with Crippen LogP contribution in [-0.2, 0) is 9.53 Å². The van der Waals surface area contributed by atoms with Crippen molar-refractivity contribution in [3.05, 3.63) is 11.5 Å². The van der Waals surface area contributed by atoms with Crippen molar-refractivity contribution >= 4 is 57.4 Å². The quantitative estimate of drug-likeness (QED) is 0.312. The van der Waals surface area contributed by atoms with Crippen LogP contribution in [0, 0.1) is 0 Å². The summed E-state index contributed by atoms with van der Waals surface area (Å²) >= 11 is 0. The zero-order chi connectivity index (χ0) is 9.30. The number of hydrogen-bond acceptors (Lipinski definition) is 6. The van der Waals surface area contributed by atoms with Crippen molar-refractivity contribution in [1.82, 2.24) is 0 Å². The minimum atomic E-state index is -1.42. The van der Waals surface area contributed by atoms with Gasteiger partial charge in [-0.3, -0.25) is 0 Å². The van der Waals surface area contributed by atoms with Gasteiger partial charge in [0.15, 0.2) is 11.9 Å². The Morgan fingerprint density at radius 1 is 1.46 bits per heavy atom. The monoisotopic (exact) mass is 216 g/mol. The number of esters is 1. The van der Waals surface area contributed by atoms with Crippen molar-refractivity contribution in [2.45, 2.75) is 12.2 Å². The van der Waals surface area contributed by atoms with Crippen molar-refractivity contribution in [2.75, 3.05) is 6.61 Å². The van der Waals surface area contributed by atoms with Gasteiger partial charge in [0.2, 0.25) is 5.76 Å². The Labute approximate surface area is 116 Å². The summed E-state index contributed by atoms with van der Waals surface area (Å²) in [5.74, 6) is -2.78. The van der Waals surface area contributed by atoms with E-state index in [2.05, 4.69) is 4.74 Å². The molecule has 0 saturated heterocycles. The SMILES string of the molecule is O=C1O[C@H](C(O)CO)C(O)=C1O.[KH]. The number of aliphatic hydroxyl groups is 4. The van der Waals surface area contributed by atoms with Crippen LogP contribution in [0.4, 0.5) is 0 Å². The Bertz CT molecular complexity index is 237. The predicted octanol–water partition coefficient (Wildman–Crippen LogP) is -2.06. The van der Waals surface area contributed by atoms with Gasteiger partial charge < -0.3 is 25.2 Å². The van der Waals surface area contributed by atoms with Gasteiger partial charge in [-0.25, -0.2) is 4.79 Å². The Balaban J connectivity index is 0.00000144. The van der Waals surface area contributed by atoms with E-state index in [1.54, 1.807) is 0 Å². The summed E-state index contributed by atoms with van der Waals surface area (Å²) in [7, 11) is 0. The first-order valence-electron chi connectivity index (χ1n) is 3.20. The summed E-state index contributed by atoms with van der Waals surface area (Å²) in [5.41, 5.74) is 0. The van der Waals surface area contributed by atoms with Crippen LogP contribution in [0.3, 0.4) is 0 Å². The van der Waals surface area contributed by atoms with Crippen molar-refractivity contribution in [3.8, 4) is 0 Å². The first-order chi connectivity index (χ1) is 5.57. The van der Waals surface area contributed by atoms with E-state index in [0.29, 0.717) is 0 Å². The van der Waals surface area contributed by atoms with Crippen molar-refractivity contribution < 1.29 is 30.0 Å². The minimum absolute atomic E-state index is 0. The Kier molecular flexibility index (Phi) is 5.45. The molecule has 13 heavy (non-hydrogen) atoms. The van der Waals surface area contributed by atoms with Gasteiger partial charge in [-0.05, 0) is 0 Å². The van der Waals surface area contributed by atoms with Crippen molar-refractivity contribution in [2.24, 2.45) is 0 Å². The number of carbonyl (C=O) groups is 1. The molecule has 70 valence electrons. The standard InChI is InChI=1S/C6H8O6.K.H/c7-1-2(8)5-3(9)4(10)6(11)12-5;;/h2,5,7-10H,1H2;;/t2?,5-;;/m1../s1. The van der Waals surface area contributed by atoms with Crippen LogP contribution in [0.5, 0.6) is 0 Å². The van der Waals surface area contributed by atoms with Crippen molar-refractivity contribution in [3.63, 3.8) is 0 Å². The molecule has 0 fully saturated rings. The molecule has 1 rings (SSSR count). The first-order valence-corrected chi connectivity index (χ1v) is 3.20. The molecule has 6 nitrogen and oxygen atoms in total. The second-order valence-corrected chi connectivity index (χ2v) is 2.31. The molecule has 0 bridgehead atoms. The third-order valence-corrected chi connectivity index (χ3v) is 1.48. The topological polar surface area (TPSA) is 107 Å². The Hall–Kier alpha value is 0.366. The summed E-state index contributed by atoms with van der Waals surface area (Å²) in [6.07, 6.45) is -2.78. The average Bonchev–Trinajstić information content (AvgIpc) is 2.32. The fourth-order valence-electron chi connectivity index (χ4n) is 0.823. The first kappa shape index (κ1) is 13.4. The number of rotatable bonds is 2. The normalized spacial score (nSPS) is 23.8. The van der Waals surface area contributed by atoms with E-state index in [1.807, 2.05) is 0 Å². The molecule has 7 heteroatoms. The van der Waals surface area contributed by atoms with Gasteiger partial charge in [0.05, 0.1) is 6.61 Å². The van der Waals surface area contributed by atoms with E-state index in [1.165, 1.54) is 0 Å². The molecular weight excluding hydrogens is 207 g/mol. The average molecular weight is 216 g/mol. The zero-order valence-electron chi connectivity index (χ0n) is 5.97. The van der Waals surface area contributed by atoms with Crippen LogP contribution < -0.4 is 0 Å². The maximum absolute atomic E-state index is 10.5. The molecule has 0 saturated carbocycles. The van der Waals surface area contributed by atoms with Crippen LogP contribution in [0.15, 0.2) is 11.5 Å². The third-order valence-electron chi connectivity index (χ3n) is 1.48. The van der Waals surface area contributed by atoms with E-state index in [9.17, 15) is 4.79 Å². The van der Waals surface area contributed by atoms with Gasteiger partial charge >= 0.3 is 57.4 Å². The molecule has 0 aromatic rings. The molecule has 0 aromatic heterocycles. The van der Waals surface area contributed by atoms with E-state index < -0.39 is 36.3 Å². The molecule has 0 spiro atoms. The molecule has 0 aromatic carbocycles. The molecule has 0 aliphatic carbocycles. The number of carbonyl (C=O) groups excluding carboxylic acids is 1. The van der Waals surface area contributed by atoms with Crippen LogP contribution in [-0.4, -0.2) is 96.6 Å². The fraction of sp³-hybridized carbons (Fsp3) is 0.500. The summed E-state index contributed by atoms with van der Waals surface area (Å²) in [6, 6.07) is 0. The Morgan fingerprint density at radius 3 is 2.31 bits per heavy atom. The van der Waals surface area contributed by atoms with Crippen molar-refractivity contribution in [1.29, 1.82) is 0 Å². The number of hydrogen-bond donors (Lipinski definition) is 4. The molecule has 1 aliphatic heterocycles. The molecule has 0 radical (unpaired) electrons. The number of aliphatic hydroxyl groups excluding tert-OH is 4. The molecule has 1 unspecified atom stereocenters. The zero-order valence-corrected chi connectivity index (χ0v) is 5.97. The predicted molar refractivity (Wildman–Crippen MR) is 42.4 cm³/mol. The summed E-state index contributed by atoms with van der Waals surface area (Å²) in [5, 5.41) is 35.0. The maximum atomic E-state index is 10.5. The van der Waals surface area contributed by atoms with Gasteiger partial charge in [-0.15, -0.1) is 0 Å². The van der Waals surface area contributed by atoms with Crippen LogP contribution in [0.1, 0.15) is 0 Å². The van der Waals surface area contributed by atoms with E-state index >= 15 is 0 Å². The molecule has 4 N–H and O–H groups in total. The molecule has 2 atom stereocenters. The summed E-state index contributed by atoms with van der Waals surface area (Å²) in [6.45, 7) is -0.671.